The SMILES string of the molecule is O=C1[C@H](CC[C@H](O)c2ccc(F)cc2)[C@@H](c2ccccc2)N1c1ccc(F)cc1. The predicted molar refractivity (Wildman–Crippen MR) is 107 cm³/mol. The summed E-state index contributed by atoms with van der Waals surface area (Å²) in [5.74, 6) is -1.03. The van der Waals surface area contributed by atoms with E-state index >= 15 is 0 Å². The number of β-lactam (4-membered cyclic amide) rings is 1. The summed E-state index contributed by atoms with van der Waals surface area (Å²) in [4.78, 5) is 14.6. The third-order valence-electron chi connectivity index (χ3n) is 5.47. The highest BCUT2D eigenvalue weighted by Crippen LogP contribution is 2.46. The highest BCUT2D eigenvalue weighted by molar-refractivity contribution is 6.03. The Morgan fingerprint density at radius 3 is 2.07 bits per heavy atom. The maximum atomic E-state index is 13.3. The fourth-order valence-electron chi connectivity index (χ4n) is 3.94. The molecule has 1 N–H and O–H groups in total. The number of rotatable bonds is 6. The fraction of sp³-hybridized carbons (Fsp3) is 0.208. The van der Waals surface area contributed by atoms with Crippen LogP contribution in [0.5, 0.6) is 0 Å². The number of carbonyl (C=O) groups is 1. The summed E-state index contributed by atoms with van der Waals surface area (Å²) in [5, 5.41) is 10.4. The lowest BCUT2D eigenvalue weighted by molar-refractivity contribution is -0.131. The zero-order valence-electron chi connectivity index (χ0n) is 15.7. The van der Waals surface area contributed by atoms with Crippen LogP contribution in [-0.2, 0) is 4.79 Å². The van der Waals surface area contributed by atoms with Crippen molar-refractivity contribution in [3.05, 3.63) is 102 Å². The lowest BCUT2D eigenvalue weighted by Gasteiger charge is -2.48. The van der Waals surface area contributed by atoms with Crippen molar-refractivity contribution < 1.29 is 18.7 Å². The van der Waals surface area contributed by atoms with Gasteiger partial charge < -0.3 is 10.0 Å². The Labute approximate surface area is 168 Å². The van der Waals surface area contributed by atoms with Crippen molar-refractivity contribution in [1.82, 2.24) is 0 Å². The molecule has 3 aromatic carbocycles. The third-order valence-corrected chi connectivity index (χ3v) is 5.47. The Kier molecular flexibility index (Phi) is 5.41. The van der Waals surface area contributed by atoms with Gasteiger partial charge in [-0.05, 0) is 60.4 Å². The Balaban J connectivity index is 1.53. The van der Waals surface area contributed by atoms with Crippen LogP contribution in [0.2, 0.25) is 0 Å². The minimum Gasteiger partial charge on any atom is -0.388 e. The standard InChI is InChI=1S/C24H21F2NO2/c25-18-8-6-16(7-9-18)22(28)15-14-21-23(17-4-2-1-3-5-17)27(24(21)29)20-12-10-19(26)11-13-20/h1-13,21-23,28H,14-15H2/t21-,22+,23-/m1/s1. The molecule has 0 bridgehead atoms. The van der Waals surface area contributed by atoms with E-state index in [0.717, 1.165) is 5.56 Å². The number of aliphatic hydroxyl groups excluding tert-OH is 1. The van der Waals surface area contributed by atoms with Gasteiger partial charge in [-0.25, -0.2) is 8.78 Å². The summed E-state index contributed by atoms with van der Waals surface area (Å²) >= 11 is 0. The molecule has 1 heterocycles. The Hall–Kier alpha value is -3.05. The van der Waals surface area contributed by atoms with Gasteiger partial charge in [0.15, 0.2) is 0 Å². The van der Waals surface area contributed by atoms with Crippen LogP contribution in [0.3, 0.4) is 0 Å². The summed E-state index contributed by atoms with van der Waals surface area (Å²) in [6, 6.07) is 21.2. The Bertz CT molecular complexity index is 974. The number of benzene rings is 3. The summed E-state index contributed by atoms with van der Waals surface area (Å²) < 4.78 is 26.4. The first-order chi connectivity index (χ1) is 14.0. The third kappa shape index (κ3) is 3.91. The van der Waals surface area contributed by atoms with Gasteiger partial charge in [0, 0.05) is 5.69 Å². The van der Waals surface area contributed by atoms with E-state index in [1.165, 1.54) is 24.3 Å². The number of hydrogen-bond donors (Lipinski definition) is 1. The monoisotopic (exact) mass is 393 g/mol. The van der Waals surface area contributed by atoms with Crippen LogP contribution in [-0.4, -0.2) is 11.0 Å². The number of amides is 1. The Morgan fingerprint density at radius 1 is 0.862 bits per heavy atom. The number of aliphatic hydroxyl groups is 1. The number of halogens is 2. The first-order valence-electron chi connectivity index (χ1n) is 9.61. The molecule has 0 radical (unpaired) electrons. The summed E-state index contributed by atoms with van der Waals surface area (Å²) in [6.45, 7) is 0. The summed E-state index contributed by atoms with van der Waals surface area (Å²) in [5.41, 5.74) is 2.28. The lowest BCUT2D eigenvalue weighted by Crippen LogP contribution is -2.55. The molecule has 148 valence electrons. The molecule has 1 aliphatic rings. The second-order valence-electron chi connectivity index (χ2n) is 7.29. The minimum absolute atomic E-state index is 0.0447. The van der Waals surface area contributed by atoms with Crippen LogP contribution in [0.4, 0.5) is 14.5 Å². The maximum absolute atomic E-state index is 13.3. The average molecular weight is 393 g/mol. The molecule has 0 aromatic heterocycles. The highest BCUT2D eigenvalue weighted by atomic mass is 19.1. The van der Waals surface area contributed by atoms with Gasteiger partial charge in [0.25, 0.3) is 0 Å². The molecule has 1 saturated heterocycles. The maximum Gasteiger partial charge on any atom is 0.233 e. The summed E-state index contributed by atoms with van der Waals surface area (Å²) in [6.07, 6.45) is 0.122. The van der Waals surface area contributed by atoms with E-state index < -0.39 is 6.10 Å². The van der Waals surface area contributed by atoms with Gasteiger partial charge >= 0.3 is 0 Å². The van der Waals surface area contributed by atoms with Gasteiger partial charge in [-0.2, -0.15) is 0 Å². The van der Waals surface area contributed by atoms with Gasteiger partial charge in [-0.3, -0.25) is 4.79 Å². The number of anilines is 1. The van der Waals surface area contributed by atoms with E-state index in [-0.39, 0.29) is 29.5 Å². The molecule has 3 aromatic rings. The molecule has 0 spiro atoms. The van der Waals surface area contributed by atoms with Crippen LogP contribution in [0.1, 0.15) is 36.1 Å². The van der Waals surface area contributed by atoms with Crippen LogP contribution >= 0.6 is 0 Å². The molecule has 3 atom stereocenters. The lowest BCUT2D eigenvalue weighted by atomic mass is 9.78. The second-order valence-corrected chi connectivity index (χ2v) is 7.29. The van der Waals surface area contributed by atoms with Gasteiger partial charge in [0.1, 0.15) is 11.6 Å². The van der Waals surface area contributed by atoms with Crippen LogP contribution in [0.25, 0.3) is 0 Å². The van der Waals surface area contributed by atoms with Crippen molar-refractivity contribution in [2.45, 2.75) is 25.0 Å². The van der Waals surface area contributed by atoms with Crippen molar-refractivity contribution in [2.75, 3.05) is 4.90 Å². The largest absolute Gasteiger partial charge is 0.388 e. The van der Waals surface area contributed by atoms with E-state index in [0.29, 0.717) is 24.1 Å². The van der Waals surface area contributed by atoms with E-state index in [2.05, 4.69) is 0 Å². The molecule has 0 saturated carbocycles. The quantitative estimate of drug-likeness (QED) is 0.586. The predicted octanol–water partition coefficient (Wildman–Crippen LogP) is 5.18. The van der Waals surface area contributed by atoms with Gasteiger partial charge in [0.05, 0.1) is 18.1 Å². The van der Waals surface area contributed by atoms with E-state index in [1.807, 2.05) is 30.3 Å². The molecule has 0 aliphatic carbocycles. The zero-order chi connectivity index (χ0) is 20.4. The van der Waals surface area contributed by atoms with Crippen LogP contribution < -0.4 is 4.90 Å². The average Bonchev–Trinajstić information content (AvgIpc) is 2.74. The smallest absolute Gasteiger partial charge is 0.233 e. The van der Waals surface area contributed by atoms with E-state index in [9.17, 15) is 18.7 Å². The highest BCUT2D eigenvalue weighted by Gasteiger charge is 2.48. The number of carbonyl (C=O) groups excluding carboxylic acids is 1. The molecule has 1 fully saturated rings. The minimum atomic E-state index is -0.764. The van der Waals surface area contributed by atoms with E-state index in [1.54, 1.807) is 29.2 Å². The number of nitrogens with zero attached hydrogens (tertiary/aromatic N) is 1. The topological polar surface area (TPSA) is 40.5 Å². The molecular weight excluding hydrogens is 372 g/mol. The van der Waals surface area contributed by atoms with E-state index in [4.69, 9.17) is 0 Å². The van der Waals surface area contributed by atoms with Crippen LogP contribution in [0.15, 0.2) is 78.9 Å². The van der Waals surface area contributed by atoms with Crippen molar-refractivity contribution in [3.63, 3.8) is 0 Å². The van der Waals surface area contributed by atoms with Gasteiger partial charge in [0.2, 0.25) is 5.91 Å². The molecule has 1 amide bonds. The van der Waals surface area contributed by atoms with Gasteiger partial charge in [-0.15, -0.1) is 0 Å². The number of hydrogen-bond acceptors (Lipinski definition) is 2. The first kappa shape index (κ1) is 19.3. The molecule has 4 rings (SSSR count). The first-order valence-corrected chi connectivity index (χ1v) is 9.61. The van der Waals surface area contributed by atoms with Crippen LogP contribution in [0, 0.1) is 17.6 Å². The van der Waals surface area contributed by atoms with Crippen molar-refractivity contribution in [3.8, 4) is 0 Å². The molecule has 5 heteroatoms. The second kappa shape index (κ2) is 8.13. The molecule has 0 unspecified atom stereocenters. The van der Waals surface area contributed by atoms with Gasteiger partial charge in [-0.1, -0.05) is 42.5 Å². The summed E-state index contributed by atoms with van der Waals surface area (Å²) in [7, 11) is 0. The van der Waals surface area contributed by atoms with Crippen molar-refractivity contribution in [2.24, 2.45) is 5.92 Å². The van der Waals surface area contributed by atoms with Crippen molar-refractivity contribution >= 4 is 11.6 Å². The molecular formula is C24H21F2NO2. The molecule has 1 aliphatic heterocycles. The normalized spacial score (nSPS) is 19.7. The Morgan fingerprint density at radius 2 is 1.45 bits per heavy atom. The van der Waals surface area contributed by atoms with Crippen molar-refractivity contribution in [1.29, 1.82) is 0 Å². The molecule has 29 heavy (non-hydrogen) atoms. The fourth-order valence-corrected chi connectivity index (χ4v) is 3.94. The zero-order valence-corrected chi connectivity index (χ0v) is 15.7. The molecule has 3 nitrogen and oxygen atoms in total.